The van der Waals surface area contributed by atoms with Gasteiger partial charge in [0, 0.05) is 6.04 Å². The van der Waals surface area contributed by atoms with Gasteiger partial charge in [0.25, 0.3) is 0 Å². The van der Waals surface area contributed by atoms with Crippen LogP contribution in [0.1, 0.15) is 46.5 Å². The Labute approximate surface area is 75.7 Å². The first-order valence-electron chi connectivity index (χ1n) is 5.16. The Bertz CT molecular complexity index is 193. The summed E-state index contributed by atoms with van der Waals surface area (Å²) >= 11 is 0. The summed E-state index contributed by atoms with van der Waals surface area (Å²) in [6.07, 6.45) is 5.38. The summed E-state index contributed by atoms with van der Waals surface area (Å²) in [5.74, 6) is 0.818. The molecule has 70 valence electrons. The first-order valence-corrected chi connectivity index (χ1v) is 5.16. The van der Waals surface area contributed by atoms with E-state index in [2.05, 4.69) is 20.8 Å². The molecule has 0 radical (unpaired) electrons. The van der Waals surface area contributed by atoms with E-state index in [4.69, 9.17) is 5.73 Å². The van der Waals surface area contributed by atoms with Crippen LogP contribution >= 0.6 is 0 Å². The van der Waals surface area contributed by atoms with Crippen molar-refractivity contribution in [1.82, 2.24) is 0 Å². The third kappa shape index (κ3) is 1.28. The number of nitrogens with two attached hydrogens (primary N) is 1. The minimum absolute atomic E-state index is 0.497. The molecular formula is C11H21N. The molecule has 2 rings (SSSR count). The van der Waals surface area contributed by atoms with Gasteiger partial charge in [-0.3, -0.25) is 0 Å². The van der Waals surface area contributed by atoms with Crippen LogP contribution in [0, 0.1) is 16.7 Å². The molecule has 0 saturated heterocycles. The molecule has 1 heteroatoms. The zero-order valence-electron chi connectivity index (χ0n) is 8.56. The van der Waals surface area contributed by atoms with Gasteiger partial charge in [-0.15, -0.1) is 0 Å². The van der Waals surface area contributed by atoms with Crippen molar-refractivity contribution < 1.29 is 0 Å². The molecule has 2 bridgehead atoms. The van der Waals surface area contributed by atoms with Crippen molar-refractivity contribution in [2.75, 3.05) is 0 Å². The van der Waals surface area contributed by atoms with Crippen LogP contribution in [0.15, 0.2) is 0 Å². The van der Waals surface area contributed by atoms with Gasteiger partial charge in [-0.05, 0) is 42.4 Å². The molecule has 0 aromatic rings. The van der Waals surface area contributed by atoms with Crippen LogP contribution in [0.2, 0.25) is 0 Å². The molecule has 0 heterocycles. The molecule has 2 fully saturated rings. The van der Waals surface area contributed by atoms with Crippen LogP contribution < -0.4 is 5.73 Å². The van der Waals surface area contributed by atoms with Gasteiger partial charge in [-0.25, -0.2) is 0 Å². The molecular weight excluding hydrogens is 146 g/mol. The van der Waals surface area contributed by atoms with E-state index in [-0.39, 0.29) is 0 Å². The van der Waals surface area contributed by atoms with Crippen molar-refractivity contribution in [3.63, 3.8) is 0 Å². The highest BCUT2D eigenvalue weighted by Crippen LogP contribution is 2.56. The van der Waals surface area contributed by atoms with E-state index in [1.54, 1.807) is 0 Å². The van der Waals surface area contributed by atoms with E-state index in [0.717, 1.165) is 5.92 Å². The van der Waals surface area contributed by atoms with E-state index < -0.39 is 0 Å². The van der Waals surface area contributed by atoms with Gasteiger partial charge in [-0.2, -0.15) is 0 Å². The topological polar surface area (TPSA) is 26.0 Å². The number of fused-ring (bicyclic) bond motifs is 2. The van der Waals surface area contributed by atoms with Crippen LogP contribution in [-0.2, 0) is 0 Å². The Kier molecular flexibility index (Phi) is 1.61. The Hall–Kier alpha value is -0.0400. The second-order valence-electron chi connectivity index (χ2n) is 6.19. The maximum absolute atomic E-state index is 6.13. The highest BCUT2D eigenvalue weighted by Gasteiger charge is 2.49. The fraction of sp³-hybridized carbons (Fsp3) is 1.00. The summed E-state index contributed by atoms with van der Waals surface area (Å²) in [5, 5.41) is 0. The first-order chi connectivity index (χ1) is 5.40. The highest BCUT2D eigenvalue weighted by atomic mass is 14.7. The molecule has 2 N–H and O–H groups in total. The van der Waals surface area contributed by atoms with E-state index in [1.165, 1.54) is 25.7 Å². The van der Waals surface area contributed by atoms with Crippen molar-refractivity contribution >= 4 is 0 Å². The summed E-state index contributed by atoms with van der Waals surface area (Å²) in [7, 11) is 0. The number of hydrogen-bond donors (Lipinski definition) is 1. The third-order valence-electron chi connectivity index (χ3n) is 3.81. The van der Waals surface area contributed by atoms with E-state index in [9.17, 15) is 0 Å². The lowest BCUT2D eigenvalue weighted by atomic mass is 9.65. The number of rotatable bonds is 0. The summed E-state index contributed by atoms with van der Waals surface area (Å²) in [6, 6.07) is 0.497. The van der Waals surface area contributed by atoms with Gasteiger partial charge < -0.3 is 5.73 Å². The van der Waals surface area contributed by atoms with E-state index in [0.29, 0.717) is 16.9 Å². The Morgan fingerprint density at radius 1 is 1.08 bits per heavy atom. The van der Waals surface area contributed by atoms with E-state index >= 15 is 0 Å². The summed E-state index contributed by atoms with van der Waals surface area (Å²) in [4.78, 5) is 0. The molecule has 3 unspecified atom stereocenters. The summed E-state index contributed by atoms with van der Waals surface area (Å²) in [6.45, 7) is 7.22. The molecule has 2 saturated carbocycles. The monoisotopic (exact) mass is 167 g/mol. The standard InChI is InChI=1S/C11H21N/c1-10(2)4-8-5-11(3,7-10)6-9(8)12/h8-9H,4-7,12H2,1-3H3. The zero-order chi connectivity index (χ0) is 8.98. The molecule has 0 amide bonds. The molecule has 3 atom stereocenters. The van der Waals surface area contributed by atoms with Crippen LogP contribution in [0.3, 0.4) is 0 Å². The molecule has 2 aliphatic rings. The number of hydrogen-bond acceptors (Lipinski definition) is 1. The minimum Gasteiger partial charge on any atom is -0.327 e. The maximum Gasteiger partial charge on any atom is 0.00727 e. The van der Waals surface area contributed by atoms with Gasteiger partial charge in [0.05, 0.1) is 0 Å². The predicted octanol–water partition coefficient (Wildman–Crippen LogP) is 2.55. The lowest BCUT2D eigenvalue weighted by Crippen LogP contribution is -2.31. The van der Waals surface area contributed by atoms with Gasteiger partial charge in [-0.1, -0.05) is 20.8 Å². The van der Waals surface area contributed by atoms with Gasteiger partial charge in [0.2, 0.25) is 0 Å². The Balaban J connectivity index is 2.22. The summed E-state index contributed by atoms with van der Waals surface area (Å²) in [5.41, 5.74) is 7.25. The van der Waals surface area contributed by atoms with Gasteiger partial charge in [0.15, 0.2) is 0 Å². The molecule has 1 nitrogen and oxygen atoms in total. The lowest BCUT2D eigenvalue weighted by Gasteiger charge is -2.40. The molecule has 12 heavy (non-hydrogen) atoms. The van der Waals surface area contributed by atoms with Crippen molar-refractivity contribution in [3.8, 4) is 0 Å². The second kappa shape index (κ2) is 2.25. The SMILES string of the molecule is CC1(C)CC2CC(C)(CC2N)C1. The first kappa shape index (κ1) is 8.55. The lowest BCUT2D eigenvalue weighted by molar-refractivity contribution is 0.107. The van der Waals surface area contributed by atoms with Crippen LogP contribution in [-0.4, -0.2) is 6.04 Å². The average Bonchev–Trinajstić information content (AvgIpc) is 1.99. The largest absolute Gasteiger partial charge is 0.327 e. The molecule has 0 spiro atoms. The molecule has 0 aromatic carbocycles. The third-order valence-corrected chi connectivity index (χ3v) is 3.81. The zero-order valence-corrected chi connectivity index (χ0v) is 8.56. The normalized spacial score (nSPS) is 51.0. The van der Waals surface area contributed by atoms with Crippen molar-refractivity contribution in [2.24, 2.45) is 22.5 Å². The molecule has 0 aromatic heterocycles. The Morgan fingerprint density at radius 3 is 2.33 bits per heavy atom. The quantitative estimate of drug-likeness (QED) is 0.589. The van der Waals surface area contributed by atoms with Crippen LogP contribution in [0.5, 0.6) is 0 Å². The fourth-order valence-corrected chi connectivity index (χ4v) is 3.91. The van der Waals surface area contributed by atoms with Crippen molar-refractivity contribution in [1.29, 1.82) is 0 Å². The second-order valence-corrected chi connectivity index (χ2v) is 6.19. The minimum atomic E-state index is 0.497. The average molecular weight is 167 g/mol. The maximum atomic E-state index is 6.13. The van der Waals surface area contributed by atoms with Crippen molar-refractivity contribution in [3.05, 3.63) is 0 Å². The van der Waals surface area contributed by atoms with Gasteiger partial charge in [0.1, 0.15) is 0 Å². The predicted molar refractivity (Wildman–Crippen MR) is 51.8 cm³/mol. The fourth-order valence-electron chi connectivity index (χ4n) is 3.91. The van der Waals surface area contributed by atoms with Gasteiger partial charge >= 0.3 is 0 Å². The Morgan fingerprint density at radius 2 is 1.75 bits per heavy atom. The smallest absolute Gasteiger partial charge is 0.00727 e. The van der Waals surface area contributed by atoms with Crippen LogP contribution in [0.4, 0.5) is 0 Å². The molecule has 2 aliphatic carbocycles. The summed E-state index contributed by atoms with van der Waals surface area (Å²) < 4.78 is 0. The molecule has 0 aliphatic heterocycles. The van der Waals surface area contributed by atoms with Crippen molar-refractivity contribution in [2.45, 2.75) is 52.5 Å². The van der Waals surface area contributed by atoms with Crippen LogP contribution in [0.25, 0.3) is 0 Å². The highest BCUT2D eigenvalue weighted by molar-refractivity contribution is 5.02. The van der Waals surface area contributed by atoms with E-state index in [1.807, 2.05) is 0 Å².